The van der Waals surface area contributed by atoms with Gasteiger partial charge in [-0.3, -0.25) is 0 Å². The number of alkyl halides is 3. The van der Waals surface area contributed by atoms with Crippen molar-refractivity contribution >= 4 is 16.9 Å². The highest BCUT2D eigenvalue weighted by molar-refractivity contribution is 5.82. The molecular formula is C22H17F3O5. The van der Waals surface area contributed by atoms with Crippen molar-refractivity contribution in [2.45, 2.75) is 6.18 Å². The standard InChI is InChI=1S/C22H17F3O5/c1-2-20(26)29-13-16(22(23,24)25)12-28-17-9-8-15-10-18(14-6-4-3-5-7-14)21(27)30-19(15)11-17/h2-11,16H,1,12-13H2. The molecule has 8 heteroatoms. The molecule has 0 saturated heterocycles. The van der Waals surface area contributed by atoms with Crippen LogP contribution in [0.1, 0.15) is 0 Å². The van der Waals surface area contributed by atoms with Crippen molar-refractivity contribution in [2.75, 3.05) is 13.2 Å². The quantitative estimate of drug-likeness (QED) is 0.315. The molecule has 30 heavy (non-hydrogen) atoms. The Balaban J connectivity index is 1.79. The van der Waals surface area contributed by atoms with Gasteiger partial charge in [-0.05, 0) is 23.8 Å². The predicted molar refractivity (Wildman–Crippen MR) is 104 cm³/mol. The van der Waals surface area contributed by atoms with E-state index in [1.54, 1.807) is 36.4 Å². The molecule has 5 nitrogen and oxygen atoms in total. The Labute approximate surface area is 169 Å². The maximum absolute atomic E-state index is 13.1. The molecule has 1 atom stereocenters. The van der Waals surface area contributed by atoms with Crippen LogP contribution in [0.2, 0.25) is 0 Å². The molecule has 0 aliphatic heterocycles. The number of carbonyl (C=O) groups excluding carboxylic acids is 1. The Hall–Kier alpha value is -3.55. The van der Waals surface area contributed by atoms with E-state index in [2.05, 4.69) is 11.3 Å². The molecule has 0 bridgehead atoms. The van der Waals surface area contributed by atoms with Gasteiger partial charge in [-0.15, -0.1) is 0 Å². The first-order valence-electron chi connectivity index (χ1n) is 8.90. The van der Waals surface area contributed by atoms with Gasteiger partial charge in [0.15, 0.2) is 0 Å². The second-order valence-electron chi connectivity index (χ2n) is 6.40. The van der Waals surface area contributed by atoms with Gasteiger partial charge in [0, 0.05) is 17.5 Å². The zero-order valence-electron chi connectivity index (χ0n) is 15.6. The average molecular weight is 418 g/mol. The highest BCUT2D eigenvalue weighted by Gasteiger charge is 2.41. The minimum atomic E-state index is -4.63. The molecule has 0 aliphatic rings. The number of carbonyl (C=O) groups is 1. The van der Waals surface area contributed by atoms with Gasteiger partial charge in [-0.2, -0.15) is 13.2 Å². The summed E-state index contributed by atoms with van der Waals surface area (Å²) in [4.78, 5) is 23.3. The van der Waals surface area contributed by atoms with Gasteiger partial charge >= 0.3 is 17.8 Å². The zero-order valence-corrected chi connectivity index (χ0v) is 15.6. The average Bonchev–Trinajstić information content (AvgIpc) is 2.72. The minimum absolute atomic E-state index is 0.0856. The topological polar surface area (TPSA) is 65.7 Å². The van der Waals surface area contributed by atoms with E-state index in [-0.39, 0.29) is 11.3 Å². The Kier molecular flexibility index (Phi) is 6.25. The van der Waals surface area contributed by atoms with Gasteiger partial charge < -0.3 is 13.9 Å². The van der Waals surface area contributed by atoms with E-state index in [9.17, 15) is 22.8 Å². The van der Waals surface area contributed by atoms with Crippen LogP contribution in [-0.4, -0.2) is 25.4 Å². The first-order chi connectivity index (χ1) is 14.3. The van der Waals surface area contributed by atoms with Gasteiger partial charge in [-0.1, -0.05) is 36.9 Å². The van der Waals surface area contributed by atoms with Gasteiger partial charge in [0.2, 0.25) is 0 Å². The fourth-order valence-corrected chi connectivity index (χ4v) is 2.68. The molecule has 2 aromatic carbocycles. The van der Waals surface area contributed by atoms with Crippen LogP contribution in [0.25, 0.3) is 22.1 Å². The van der Waals surface area contributed by atoms with Crippen LogP contribution in [-0.2, 0) is 9.53 Å². The maximum atomic E-state index is 13.1. The van der Waals surface area contributed by atoms with Gasteiger partial charge in [0.1, 0.15) is 30.5 Å². The summed E-state index contributed by atoms with van der Waals surface area (Å²) in [5.41, 5.74) is 0.669. The summed E-state index contributed by atoms with van der Waals surface area (Å²) in [7, 11) is 0. The summed E-state index contributed by atoms with van der Waals surface area (Å²) in [5.74, 6) is -2.89. The molecule has 1 heterocycles. The Bertz CT molecular complexity index is 1100. The summed E-state index contributed by atoms with van der Waals surface area (Å²) < 4.78 is 54.4. The van der Waals surface area contributed by atoms with Crippen molar-refractivity contribution in [3.05, 3.63) is 77.7 Å². The lowest BCUT2D eigenvalue weighted by Crippen LogP contribution is -2.33. The fourth-order valence-electron chi connectivity index (χ4n) is 2.68. The lowest BCUT2D eigenvalue weighted by Gasteiger charge is -2.20. The van der Waals surface area contributed by atoms with Crippen LogP contribution in [0, 0.1) is 5.92 Å². The number of hydrogen-bond acceptors (Lipinski definition) is 5. The van der Waals surface area contributed by atoms with Crippen LogP contribution in [0.3, 0.4) is 0 Å². The predicted octanol–water partition coefficient (Wildman–Crippen LogP) is 4.75. The molecule has 1 unspecified atom stereocenters. The highest BCUT2D eigenvalue weighted by Crippen LogP contribution is 2.29. The molecule has 156 valence electrons. The summed E-state index contributed by atoms with van der Waals surface area (Å²) >= 11 is 0. The molecular weight excluding hydrogens is 401 g/mol. The lowest BCUT2D eigenvalue weighted by atomic mass is 10.1. The number of esters is 1. The summed E-state index contributed by atoms with van der Waals surface area (Å²) in [6.07, 6.45) is -3.85. The minimum Gasteiger partial charge on any atom is -0.493 e. The number of halogens is 3. The van der Waals surface area contributed by atoms with Crippen molar-refractivity contribution < 1.29 is 31.9 Å². The zero-order chi connectivity index (χ0) is 21.7. The number of benzene rings is 2. The molecule has 1 aromatic heterocycles. The number of ether oxygens (including phenoxy) is 2. The number of fused-ring (bicyclic) bond motifs is 1. The lowest BCUT2D eigenvalue weighted by molar-refractivity contribution is -0.195. The molecule has 0 N–H and O–H groups in total. The van der Waals surface area contributed by atoms with Gasteiger partial charge in [0.25, 0.3) is 0 Å². The first kappa shape index (κ1) is 21.2. The monoisotopic (exact) mass is 418 g/mol. The largest absolute Gasteiger partial charge is 0.493 e. The first-order valence-corrected chi connectivity index (χ1v) is 8.90. The third-order valence-corrected chi connectivity index (χ3v) is 4.30. The van der Waals surface area contributed by atoms with E-state index in [1.165, 1.54) is 12.1 Å². The Morgan fingerprint density at radius 2 is 1.83 bits per heavy atom. The number of hydrogen-bond donors (Lipinski definition) is 0. The van der Waals surface area contributed by atoms with Crippen molar-refractivity contribution in [3.8, 4) is 16.9 Å². The van der Waals surface area contributed by atoms with Crippen molar-refractivity contribution in [1.29, 1.82) is 0 Å². The molecule has 0 amide bonds. The molecule has 0 radical (unpaired) electrons. The molecule has 0 fully saturated rings. The fraction of sp³-hybridized carbons (Fsp3) is 0.182. The molecule has 0 saturated carbocycles. The normalized spacial score (nSPS) is 12.4. The Morgan fingerprint density at radius 1 is 1.10 bits per heavy atom. The van der Waals surface area contributed by atoms with E-state index in [0.717, 1.165) is 6.08 Å². The van der Waals surface area contributed by atoms with Crippen LogP contribution in [0.4, 0.5) is 13.2 Å². The van der Waals surface area contributed by atoms with Gasteiger partial charge in [-0.25, -0.2) is 9.59 Å². The van der Waals surface area contributed by atoms with E-state index >= 15 is 0 Å². The summed E-state index contributed by atoms with van der Waals surface area (Å²) in [6.45, 7) is 1.47. The third kappa shape index (κ3) is 5.08. The smallest absolute Gasteiger partial charge is 0.398 e. The van der Waals surface area contributed by atoms with E-state index in [1.807, 2.05) is 6.07 Å². The SMILES string of the molecule is C=CC(=O)OCC(COc1ccc2cc(-c3ccccc3)c(=O)oc2c1)C(F)(F)F. The molecule has 3 aromatic rings. The summed E-state index contributed by atoms with van der Waals surface area (Å²) in [6, 6.07) is 15.0. The van der Waals surface area contributed by atoms with Crippen LogP contribution in [0.5, 0.6) is 5.75 Å². The van der Waals surface area contributed by atoms with E-state index < -0.39 is 36.9 Å². The van der Waals surface area contributed by atoms with Crippen molar-refractivity contribution in [2.24, 2.45) is 5.92 Å². The molecule has 0 spiro atoms. The third-order valence-electron chi connectivity index (χ3n) is 4.30. The van der Waals surface area contributed by atoms with Crippen LogP contribution in [0.15, 0.2) is 76.5 Å². The maximum Gasteiger partial charge on any atom is 0.398 e. The second-order valence-corrected chi connectivity index (χ2v) is 6.40. The van der Waals surface area contributed by atoms with Gasteiger partial charge in [0.05, 0.1) is 5.56 Å². The summed E-state index contributed by atoms with van der Waals surface area (Å²) in [5, 5.41) is 0.591. The van der Waals surface area contributed by atoms with E-state index in [0.29, 0.717) is 16.5 Å². The highest BCUT2D eigenvalue weighted by atomic mass is 19.4. The second kappa shape index (κ2) is 8.86. The van der Waals surface area contributed by atoms with E-state index in [4.69, 9.17) is 9.15 Å². The van der Waals surface area contributed by atoms with Crippen molar-refractivity contribution in [3.63, 3.8) is 0 Å². The Morgan fingerprint density at radius 3 is 2.50 bits per heavy atom. The molecule has 0 aliphatic carbocycles. The molecule has 3 rings (SSSR count). The van der Waals surface area contributed by atoms with Crippen molar-refractivity contribution in [1.82, 2.24) is 0 Å². The van der Waals surface area contributed by atoms with Crippen LogP contribution >= 0.6 is 0 Å². The number of rotatable bonds is 7. The van der Waals surface area contributed by atoms with Crippen LogP contribution < -0.4 is 10.4 Å².